The quantitative estimate of drug-likeness (QED) is 0.780. The van der Waals surface area contributed by atoms with Crippen LogP contribution in [0.3, 0.4) is 0 Å². The molecule has 126 valence electrons. The zero-order valence-electron chi connectivity index (χ0n) is 14.0. The number of carbonyl (C=O) groups is 2. The lowest BCUT2D eigenvalue weighted by atomic mass is 10.0. The second-order valence-electron chi connectivity index (χ2n) is 5.64. The molecule has 0 spiro atoms. The monoisotopic (exact) mass is 345 g/mol. The Hall–Kier alpha value is -2.33. The van der Waals surface area contributed by atoms with Gasteiger partial charge in [0.1, 0.15) is 5.75 Å². The van der Waals surface area contributed by atoms with E-state index in [1.165, 1.54) is 7.11 Å². The minimum atomic E-state index is -0.227. The highest BCUT2D eigenvalue weighted by Crippen LogP contribution is 2.22. The van der Waals surface area contributed by atoms with Crippen LogP contribution in [0, 0.1) is 13.8 Å². The minimum absolute atomic E-state index is 0.0986. The van der Waals surface area contributed by atoms with Crippen LogP contribution in [0.5, 0.6) is 5.75 Å². The summed E-state index contributed by atoms with van der Waals surface area (Å²) in [6.45, 7) is 3.80. The molecule has 0 radical (unpaired) electrons. The fourth-order valence-electron chi connectivity index (χ4n) is 2.30. The molecule has 0 fully saturated rings. The Morgan fingerprint density at radius 1 is 1.08 bits per heavy atom. The van der Waals surface area contributed by atoms with E-state index in [1.54, 1.807) is 24.3 Å². The van der Waals surface area contributed by atoms with Gasteiger partial charge < -0.3 is 10.1 Å². The van der Waals surface area contributed by atoms with Gasteiger partial charge in [0.25, 0.3) is 0 Å². The van der Waals surface area contributed by atoms with Crippen molar-refractivity contribution in [1.29, 1.82) is 0 Å². The van der Waals surface area contributed by atoms with Gasteiger partial charge in [0.05, 0.1) is 12.7 Å². The van der Waals surface area contributed by atoms with Crippen LogP contribution in [-0.2, 0) is 4.79 Å². The summed E-state index contributed by atoms with van der Waals surface area (Å²) in [7, 11) is 1.52. The van der Waals surface area contributed by atoms with Crippen LogP contribution in [-0.4, -0.2) is 18.8 Å². The first-order valence-electron chi connectivity index (χ1n) is 7.64. The van der Waals surface area contributed by atoms with Gasteiger partial charge in [0.2, 0.25) is 5.91 Å². The van der Waals surface area contributed by atoms with Gasteiger partial charge in [0.15, 0.2) is 5.78 Å². The Morgan fingerprint density at radius 3 is 2.50 bits per heavy atom. The molecule has 0 saturated carbocycles. The molecule has 1 amide bonds. The molecule has 0 aliphatic heterocycles. The summed E-state index contributed by atoms with van der Waals surface area (Å²) in [5, 5.41) is 3.34. The molecule has 1 N–H and O–H groups in total. The van der Waals surface area contributed by atoms with E-state index in [0.717, 1.165) is 11.1 Å². The zero-order valence-corrected chi connectivity index (χ0v) is 14.7. The number of ketones is 1. The Morgan fingerprint density at radius 2 is 1.83 bits per heavy atom. The maximum atomic E-state index is 12.4. The molecule has 0 unspecified atom stereocenters. The molecule has 0 saturated heterocycles. The summed E-state index contributed by atoms with van der Waals surface area (Å²) in [6, 6.07) is 10.7. The van der Waals surface area contributed by atoms with Crippen LogP contribution in [0.4, 0.5) is 5.69 Å². The van der Waals surface area contributed by atoms with Gasteiger partial charge in [-0.2, -0.15) is 0 Å². The minimum Gasteiger partial charge on any atom is -0.496 e. The van der Waals surface area contributed by atoms with Gasteiger partial charge >= 0.3 is 0 Å². The van der Waals surface area contributed by atoms with Gasteiger partial charge in [-0.15, -0.1) is 0 Å². The number of aryl methyl sites for hydroxylation is 2. The highest BCUT2D eigenvalue weighted by Gasteiger charge is 2.14. The first kappa shape index (κ1) is 18.0. The molecule has 0 heterocycles. The number of rotatable bonds is 6. The lowest BCUT2D eigenvalue weighted by Gasteiger charge is -2.09. The molecule has 0 aliphatic rings. The number of nitrogens with one attached hydrogen (secondary N) is 1. The van der Waals surface area contributed by atoms with E-state index in [2.05, 4.69) is 5.32 Å². The maximum absolute atomic E-state index is 12.4. The first-order valence-corrected chi connectivity index (χ1v) is 8.02. The van der Waals surface area contributed by atoms with Crippen molar-refractivity contribution in [2.24, 2.45) is 0 Å². The molecule has 0 aromatic heterocycles. The van der Waals surface area contributed by atoms with E-state index in [4.69, 9.17) is 16.3 Å². The van der Waals surface area contributed by atoms with Crippen LogP contribution in [0.15, 0.2) is 36.4 Å². The first-order chi connectivity index (χ1) is 11.4. The van der Waals surface area contributed by atoms with Crippen molar-refractivity contribution in [2.45, 2.75) is 26.7 Å². The second kappa shape index (κ2) is 7.97. The van der Waals surface area contributed by atoms with Crippen LogP contribution in [0.2, 0.25) is 5.02 Å². The molecule has 24 heavy (non-hydrogen) atoms. The predicted octanol–water partition coefficient (Wildman–Crippen LogP) is 4.57. The van der Waals surface area contributed by atoms with Crippen LogP contribution in [0.1, 0.15) is 34.3 Å². The summed E-state index contributed by atoms with van der Waals surface area (Å²) in [6.07, 6.45) is 0.215. The van der Waals surface area contributed by atoms with Crippen molar-refractivity contribution in [3.8, 4) is 5.75 Å². The molecule has 2 rings (SSSR count). The van der Waals surface area contributed by atoms with Crippen molar-refractivity contribution < 1.29 is 14.3 Å². The number of benzene rings is 2. The van der Waals surface area contributed by atoms with Crippen molar-refractivity contribution in [2.75, 3.05) is 12.4 Å². The molecule has 5 heteroatoms. The number of amides is 1. The van der Waals surface area contributed by atoms with E-state index in [0.29, 0.717) is 22.0 Å². The van der Waals surface area contributed by atoms with E-state index < -0.39 is 0 Å². The van der Waals surface area contributed by atoms with Gasteiger partial charge in [-0.25, -0.2) is 0 Å². The molecular weight excluding hydrogens is 326 g/mol. The van der Waals surface area contributed by atoms with Gasteiger partial charge in [-0.3, -0.25) is 9.59 Å². The number of ether oxygens (including phenoxy) is 1. The maximum Gasteiger partial charge on any atom is 0.224 e. The number of methoxy groups -OCH3 is 1. The van der Waals surface area contributed by atoms with Crippen LogP contribution in [0.25, 0.3) is 0 Å². The van der Waals surface area contributed by atoms with E-state index in [1.807, 2.05) is 26.0 Å². The molecule has 0 atom stereocenters. The summed E-state index contributed by atoms with van der Waals surface area (Å²) in [5.41, 5.74) is 3.04. The Labute approximate surface area is 146 Å². The number of halogens is 1. The summed E-state index contributed by atoms with van der Waals surface area (Å²) in [5.74, 6) is 0.179. The lowest BCUT2D eigenvalue weighted by Crippen LogP contribution is -2.14. The van der Waals surface area contributed by atoms with Crippen molar-refractivity contribution in [1.82, 2.24) is 0 Å². The summed E-state index contributed by atoms with van der Waals surface area (Å²) >= 11 is 6.03. The lowest BCUT2D eigenvalue weighted by molar-refractivity contribution is -0.116. The van der Waals surface area contributed by atoms with Crippen LogP contribution < -0.4 is 10.1 Å². The number of anilines is 1. The molecule has 2 aromatic rings. The largest absolute Gasteiger partial charge is 0.496 e. The van der Waals surface area contributed by atoms with Crippen LogP contribution >= 0.6 is 11.6 Å². The molecule has 2 aromatic carbocycles. The van der Waals surface area contributed by atoms with Crippen molar-refractivity contribution in [3.05, 3.63) is 58.1 Å². The zero-order chi connectivity index (χ0) is 17.7. The molecule has 0 bridgehead atoms. The fourth-order valence-corrected chi connectivity index (χ4v) is 2.48. The van der Waals surface area contributed by atoms with E-state index in [-0.39, 0.29) is 24.5 Å². The van der Waals surface area contributed by atoms with Crippen molar-refractivity contribution >= 4 is 29.0 Å². The topological polar surface area (TPSA) is 55.4 Å². The SMILES string of the molecule is COc1ccc(C)cc1C(=O)CCC(=O)Nc1ccc(C)c(Cl)c1. The third kappa shape index (κ3) is 4.59. The summed E-state index contributed by atoms with van der Waals surface area (Å²) in [4.78, 5) is 24.4. The third-order valence-electron chi connectivity index (χ3n) is 3.69. The standard InChI is InChI=1S/C19H20ClNO3/c1-12-4-8-18(24-3)15(10-12)17(22)7-9-19(23)21-14-6-5-13(2)16(20)11-14/h4-6,8,10-11H,7,9H2,1-3H3,(H,21,23). The molecular formula is C19H20ClNO3. The van der Waals surface area contributed by atoms with Crippen molar-refractivity contribution in [3.63, 3.8) is 0 Å². The average Bonchev–Trinajstić information content (AvgIpc) is 2.56. The Kier molecular flexibility index (Phi) is 5.99. The summed E-state index contributed by atoms with van der Waals surface area (Å²) < 4.78 is 5.21. The molecule has 0 aliphatic carbocycles. The average molecular weight is 346 g/mol. The van der Waals surface area contributed by atoms with Gasteiger partial charge in [0, 0.05) is 23.6 Å². The fraction of sp³-hybridized carbons (Fsp3) is 0.263. The van der Waals surface area contributed by atoms with Gasteiger partial charge in [-0.1, -0.05) is 29.3 Å². The number of carbonyl (C=O) groups excluding carboxylic acids is 2. The highest BCUT2D eigenvalue weighted by molar-refractivity contribution is 6.31. The normalized spacial score (nSPS) is 10.3. The Bertz CT molecular complexity index is 771. The number of hydrogen-bond acceptors (Lipinski definition) is 3. The van der Waals surface area contributed by atoms with Gasteiger partial charge in [-0.05, 0) is 43.7 Å². The highest BCUT2D eigenvalue weighted by atomic mass is 35.5. The number of hydrogen-bond donors (Lipinski definition) is 1. The van der Waals surface area contributed by atoms with E-state index in [9.17, 15) is 9.59 Å². The van der Waals surface area contributed by atoms with E-state index >= 15 is 0 Å². The Balaban J connectivity index is 1.97. The second-order valence-corrected chi connectivity index (χ2v) is 6.05. The third-order valence-corrected chi connectivity index (χ3v) is 4.10. The predicted molar refractivity (Wildman–Crippen MR) is 96.1 cm³/mol. The number of Topliss-reactive ketones (excluding diaryl/α,β-unsaturated/α-hetero) is 1. The smallest absolute Gasteiger partial charge is 0.224 e. The molecule has 4 nitrogen and oxygen atoms in total.